The van der Waals surface area contributed by atoms with Gasteiger partial charge in [0.2, 0.25) is 0 Å². The second-order valence-corrected chi connectivity index (χ2v) is 6.78. The fourth-order valence-electron chi connectivity index (χ4n) is 3.62. The highest BCUT2D eigenvalue weighted by atomic mass is 15.0. The Morgan fingerprint density at radius 3 is 1.52 bits per heavy atom. The summed E-state index contributed by atoms with van der Waals surface area (Å²) in [5.74, 6) is 12.1. The molecule has 0 N–H and O–H groups in total. The zero-order valence-corrected chi connectivity index (χ0v) is 15.8. The predicted molar refractivity (Wildman–Crippen MR) is 121 cm³/mol. The summed E-state index contributed by atoms with van der Waals surface area (Å²) in [6.07, 6.45) is 0. The van der Waals surface area contributed by atoms with E-state index in [9.17, 15) is 0 Å². The quantitative estimate of drug-likeness (QED) is 0.311. The molecular weight excluding hydrogens is 350 g/mol. The van der Waals surface area contributed by atoms with Crippen LogP contribution in [0, 0.1) is 23.7 Å². The van der Waals surface area contributed by atoms with Crippen molar-refractivity contribution in [3.05, 3.63) is 114 Å². The Balaban J connectivity index is 1.50. The molecule has 1 aromatic heterocycles. The molecule has 5 aromatic rings. The molecular formula is C28H17N. The topological polar surface area (TPSA) is 4.93 Å². The van der Waals surface area contributed by atoms with Gasteiger partial charge in [0.05, 0.1) is 11.0 Å². The minimum Gasteiger partial charge on any atom is -0.309 e. The maximum absolute atomic E-state index is 3.13. The molecule has 1 nitrogen and oxygen atoms in total. The Bertz CT molecular complexity index is 1380. The lowest BCUT2D eigenvalue weighted by molar-refractivity contribution is 1.18. The highest BCUT2D eigenvalue weighted by Gasteiger charge is 2.10. The fraction of sp³-hybridized carbons (Fsp3) is 0. The number of hydrogen-bond acceptors (Lipinski definition) is 0. The Hall–Kier alpha value is -4.20. The van der Waals surface area contributed by atoms with Crippen molar-refractivity contribution in [3.8, 4) is 29.4 Å². The average molecular weight is 367 g/mol. The van der Waals surface area contributed by atoms with Gasteiger partial charge < -0.3 is 4.57 Å². The van der Waals surface area contributed by atoms with Gasteiger partial charge in [-0.25, -0.2) is 0 Å². The van der Waals surface area contributed by atoms with E-state index in [0.29, 0.717) is 0 Å². The molecule has 5 rings (SSSR count). The Kier molecular flexibility index (Phi) is 4.34. The van der Waals surface area contributed by atoms with Gasteiger partial charge in [0.1, 0.15) is 0 Å². The van der Waals surface area contributed by atoms with Crippen LogP contribution in [0.4, 0.5) is 0 Å². The number of aromatic nitrogens is 1. The SMILES string of the molecule is C(C#Cc1ccc(-n2c3ccccc3c3ccccc32)cc1)#Cc1ccccc1. The van der Waals surface area contributed by atoms with Crippen LogP contribution in [0.1, 0.15) is 11.1 Å². The molecule has 1 heteroatoms. The Morgan fingerprint density at radius 1 is 0.448 bits per heavy atom. The molecule has 0 amide bonds. The lowest BCUT2D eigenvalue weighted by Crippen LogP contribution is -1.93. The maximum atomic E-state index is 3.13. The van der Waals surface area contributed by atoms with E-state index in [0.717, 1.165) is 16.8 Å². The summed E-state index contributed by atoms with van der Waals surface area (Å²) >= 11 is 0. The van der Waals surface area contributed by atoms with Gasteiger partial charge in [0, 0.05) is 27.6 Å². The van der Waals surface area contributed by atoms with Crippen molar-refractivity contribution < 1.29 is 0 Å². The molecule has 0 saturated heterocycles. The van der Waals surface area contributed by atoms with Crippen molar-refractivity contribution >= 4 is 21.8 Å². The van der Waals surface area contributed by atoms with Crippen LogP contribution in [0.5, 0.6) is 0 Å². The Labute approximate surface area is 170 Å². The van der Waals surface area contributed by atoms with E-state index >= 15 is 0 Å². The van der Waals surface area contributed by atoms with Crippen LogP contribution in [-0.4, -0.2) is 4.57 Å². The highest BCUT2D eigenvalue weighted by molar-refractivity contribution is 6.09. The second-order valence-electron chi connectivity index (χ2n) is 6.78. The van der Waals surface area contributed by atoms with Crippen molar-refractivity contribution in [3.63, 3.8) is 0 Å². The van der Waals surface area contributed by atoms with Crippen LogP contribution >= 0.6 is 0 Å². The van der Waals surface area contributed by atoms with Gasteiger partial charge in [-0.3, -0.25) is 0 Å². The normalized spacial score (nSPS) is 10.2. The van der Waals surface area contributed by atoms with Crippen molar-refractivity contribution in [1.29, 1.82) is 0 Å². The van der Waals surface area contributed by atoms with Gasteiger partial charge in [0.25, 0.3) is 0 Å². The first-order valence-corrected chi connectivity index (χ1v) is 9.56. The molecule has 0 bridgehead atoms. The molecule has 0 fully saturated rings. The minimum absolute atomic E-state index is 0.955. The van der Waals surface area contributed by atoms with Crippen LogP contribution in [0.25, 0.3) is 27.5 Å². The zero-order chi connectivity index (χ0) is 19.5. The Morgan fingerprint density at radius 2 is 0.931 bits per heavy atom. The fourth-order valence-corrected chi connectivity index (χ4v) is 3.62. The number of hydrogen-bond donors (Lipinski definition) is 0. The monoisotopic (exact) mass is 367 g/mol. The van der Waals surface area contributed by atoms with Crippen LogP contribution in [0.3, 0.4) is 0 Å². The van der Waals surface area contributed by atoms with Gasteiger partial charge in [-0.15, -0.1) is 0 Å². The van der Waals surface area contributed by atoms with Crippen LogP contribution in [0.15, 0.2) is 103 Å². The number of benzene rings is 4. The molecule has 0 unspecified atom stereocenters. The van der Waals surface area contributed by atoms with E-state index in [1.165, 1.54) is 21.8 Å². The number of rotatable bonds is 1. The van der Waals surface area contributed by atoms with Crippen molar-refractivity contribution in [2.24, 2.45) is 0 Å². The van der Waals surface area contributed by atoms with Gasteiger partial charge in [-0.05, 0) is 60.4 Å². The van der Waals surface area contributed by atoms with Gasteiger partial charge in [-0.1, -0.05) is 66.4 Å². The highest BCUT2D eigenvalue weighted by Crippen LogP contribution is 2.31. The molecule has 0 saturated carbocycles. The summed E-state index contributed by atoms with van der Waals surface area (Å²) < 4.78 is 2.30. The van der Waals surface area contributed by atoms with E-state index < -0.39 is 0 Å². The van der Waals surface area contributed by atoms with Crippen molar-refractivity contribution in [2.75, 3.05) is 0 Å². The number of nitrogens with zero attached hydrogens (tertiary/aromatic N) is 1. The molecule has 134 valence electrons. The third kappa shape index (κ3) is 3.27. The second kappa shape index (κ2) is 7.43. The van der Waals surface area contributed by atoms with Crippen molar-refractivity contribution in [2.45, 2.75) is 0 Å². The molecule has 0 spiro atoms. The molecule has 0 atom stereocenters. The van der Waals surface area contributed by atoms with Gasteiger partial charge in [0.15, 0.2) is 0 Å². The summed E-state index contributed by atoms with van der Waals surface area (Å²) in [6.45, 7) is 0. The first-order valence-electron chi connectivity index (χ1n) is 9.56. The van der Waals surface area contributed by atoms with Gasteiger partial charge >= 0.3 is 0 Å². The molecule has 0 radical (unpaired) electrons. The summed E-state index contributed by atoms with van der Waals surface area (Å²) in [5.41, 5.74) is 5.48. The van der Waals surface area contributed by atoms with E-state index in [2.05, 4.69) is 101 Å². The third-order valence-corrected chi connectivity index (χ3v) is 4.96. The zero-order valence-electron chi connectivity index (χ0n) is 15.8. The molecule has 0 aliphatic carbocycles. The van der Waals surface area contributed by atoms with E-state index in [4.69, 9.17) is 0 Å². The standard InChI is InChI=1S/C28H17N/c1-2-10-22(11-3-1)12-4-5-13-23-18-20-24(21-19-23)29-27-16-8-6-14-25(27)26-15-7-9-17-28(26)29/h1-3,6-11,14-21H. The van der Waals surface area contributed by atoms with Crippen LogP contribution < -0.4 is 0 Å². The third-order valence-electron chi connectivity index (χ3n) is 4.96. The van der Waals surface area contributed by atoms with E-state index in [1.807, 2.05) is 30.3 Å². The smallest absolute Gasteiger partial charge is 0.0541 e. The molecule has 29 heavy (non-hydrogen) atoms. The lowest BCUT2D eigenvalue weighted by atomic mass is 10.2. The van der Waals surface area contributed by atoms with Crippen LogP contribution in [-0.2, 0) is 0 Å². The first-order chi connectivity index (χ1) is 14.4. The lowest BCUT2D eigenvalue weighted by Gasteiger charge is -2.07. The van der Waals surface area contributed by atoms with Gasteiger partial charge in [-0.2, -0.15) is 0 Å². The predicted octanol–water partition coefficient (Wildman–Crippen LogP) is 6.19. The summed E-state index contributed by atoms with van der Waals surface area (Å²) in [6, 6.07) is 35.3. The number of fused-ring (bicyclic) bond motifs is 3. The molecule has 0 aliphatic heterocycles. The number of para-hydroxylation sites is 2. The average Bonchev–Trinajstić information content (AvgIpc) is 3.12. The largest absolute Gasteiger partial charge is 0.309 e. The molecule has 0 aliphatic rings. The maximum Gasteiger partial charge on any atom is 0.0541 e. The molecule has 1 heterocycles. The molecule has 4 aromatic carbocycles. The summed E-state index contributed by atoms with van der Waals surface area (Å²) in [5, 5.41) is 2.53. The first kappa shape index (κ1) is 16.9. The minimum atomic E-state index is 0.955. The summed E-state index contributed by atoms with van der Waals surface area (Å²) in [7, 11) is 0. The van der Waals surface area contributed by atoms with Crippen LogP contribution in [0.2, 0.25) is 0 Å². The van der Waals surface area contributed by atoms with E-state index in [1.54, 1.807) is 0 Å². The summed E-state index contributed by atoms with van der Waals surface area (Å²) in [4.78, 5) is 0. The van der Waals surface area contributed by atoms with Crippen molar-refractivity contribution in [1.82, 2.24) is 4.57 Å². The van der Waals surface area contributed by atoms with E-state index in [-0.39, 0.29) is 0 Å².